The zero-order chi connectivity index (χ0) is 12.6. The predicted octanol–water partition coefficient (Wildman–Crippen LogP) is 2.57. The van der Waals surface area contributed by atoms with Crippen molar-refractivity contribution in [1.82, 2.24) is 10.2 Å². The van der Waals surface area contributed by atoms with E-state index in [0.717, 1.165) is 11.3 Å². The van der Waals surface area contributed by atoms with E-state index in [2.05, 4.69) is 35.4 Å². The van der Waals surface area contributed by atoms with Crippen LogP contribution in [0.1, 0.15) is 43.5 Å². The maximum Gasteiger partial charge on any atom is 0.167 e. The third-order valence-corrected chi connectivity index (χ3v) is 3.60. The van der Waals surface area contributed by atoms with Gasteiger partial charge in [-0.1, -0.05) is 0 Å². The predicted molar refractivity (Wildman–Crippen MR) is 66.6 cm³/mol. The van der Waals surface area contributed by atoms with E-state index in [9.17, 15) is 5.26 Å². The second-order valence-corrected chi connectivity index (χ2v) is 5.37. The number of nitrogens with one attached hydrogen (secondary N) is 1. The highest BCUT2D eigenvalue weighted by Crippen LogP contribution is 2.41. The van der Waals surface area contributed by atoms with Crippen molar-refractivity contribution in [3.63, 3.8) is 0 Å². The van der Waals surface area contributed by atoms with Gasteiger partial charge in [-0.25, -0.2) is 0 Å². The van der Waals surface area contributed by atoms with Gasteiger partial charge in [-0.3, -0.25) is 0 Å². The van der Waals surface area contributed by atoms with Crippen molar-refractivity contribution >= 4 is 5.82 Å². The molecule has 0 aromatic carbocycles. The van der Waals surface area contributed by atoms with Gasteiger partial charge < -0.3 is 5.32 Å². The van der Waals surface area contributed by atoms with Crippen LogP contribution in [0, 0.1) is 31.1 Å². The molecule has 4 heteroatoms. The fraction of sp³-hybridized carbons (Fsp3) is 0.615. The topological polar surface area (TPSA) is 61.6 Å². The summed E-state index contributed by atoms with van der Waals surface area (Å²) in [5.74, 6) is 1.30. The molecule has 1 heterocycles. The van der Waals surface area contributed by atoms with Gasteiger partial charge in [0.15, 0.2) is 5.82 Å². The summed E-state index contributed by atoms with van der Waals surface area (Å²) in [4.78, 5) is 0. The van der Waals surface area contributed by atoms with Crippen molar-refractivity contribution in [2.45, 2.75) is 46.1 Å². The van der Waals surface area contributed by atoms with Crippen LogP contribution in [0.4, 0.5) is 5.82 Å². The first-order chi connectivity index (χ1) is 7.95. The molecule has 0 amide bonds. The number of hydrogen-bond donors (Lipinski definition) is 1. The van der Waals surface area contributed by atoms with Gasteiger partial charge >= 0.3 is 0 Å². The van der Waals surface area contributed by atoms with E-state index in [1.54, 1.807) is 0 Å². The fourth-order valence-electron chi connectivity index (χ4n) is 2.05. The van der Waals surface area contributed by atoms with Crippen LogP contribution in [0.2, 0.25) is 0 Å². The smallest absolute Gasteiger partial charge is 0.167 e. The molecule has 1 N–H and O–H groups in total. The molecule has 1 fully saturated rings. The summed E-state index contributed by atoms with van der Waals surface area (Å²) in [5.41, 5.74) is 2.33. The Labute approximate surface area is 102 Å². The first-order valence-electron chi connectivity index (χ1n) is 5.98. The number of nitriles is 1. The third-order valence-electron chi connectivity index (χ3n) is 3.60. The minimum absolute atomic E-state index is 0.0119. The molecule has 0 spiro atoms. The average molecular weight is 230 g/mol. The molecule has 0 unspecified atom stereocenters. The lowest BCUT2D eigenvalue weighted by molar-refractivity contribution is 0.491. The molecule has 1 aromatic rings. The Kier molecular flexibility index (Phi) is 2.78. The highest BCUT2D eigenvalue weighted by molar-refractivity contribution is 5.57. The van der Waals surface area contributed by atoms with Crippen LogP contribution < -0.4 is 5.32 Å². The Balaban J connectivity index is 2.33. The lowest BCUT2D eigenvalue weighted by Gasteiger charge is -2.27. The van der Waals surface area contributed by atoms with Gasteiger partial charge in [-0.15, -0.1) is 5.10 Å². The van der Waals surface area contributed by atoms with Crippen LogP contribution in [-0.4, -0.2) is 15.7 Å². The van der Waals surface area contributed by atoms with Crippen molar-refractivity contribution in [1.29, 1.82) is 5.26 Å². The molecule has 17 heavy (non-hydrogen) atoms. The van der Waals surface area contributed by atoms with E-state index >= 15 is 0 Å². The van der Waals surface area contributed by atoms with Crippen molar-refractivity contribution in [3.05, 3.63) is 16.8 Å². The Hall–Kier alpha value is -1.63. The second-order valence-electron chi connectivity index (χ2n) is 5.37. The van der Waals surface area contributed by atoms with Gasteiger partial charge in [0.2, 0.25) is 0 Å². The Bertz CT molecular complexity index is 481. The highest BCUT2D eigenvalue weighted by Gasteiger charge is 2.38. The summed E-state index contributed by atoms with van der Waals surface area (Å²) in [7, 11) is 0. The number of aryl methyl sites for hydroxylation is 1. The zero-order valence-corrected chi connectivity index (χ0v) is 10.8. The molecular weight excluding hydrogens is 212 g/mol. The molecule has 1 aliphatic rings. The normalized spacial score (nSPS) is 15.5. The van der Waals surface area contributed by atoms with Crippen molar-refractivity contribution in [2.24, 2.45) is 5.92 Å². The lowest BCUT2D eigenvalue weighted by atomic mass is 9.98. The molecule has 90 valence electrons. The molecule has 1 aliphatic carbocycles. The zero-order valence-electron chi connectivity index (χ0n) is 10.8. The minimum Gasteiger partial charge on any atom is -0.362 e. The van der Waals surface area contributed by atoms with Gasteiger partial charge in [0.25, 0.3) is 0 Å². The third kappa shape index (κ3) is 2.23. The van der Waals surface area contributed by atoms with Gasteiger partial charge in [-0.2, -0.15) is 10.4 Å². The van der Waals surface area contributed by atoms with Gasteiger partial charge in [0.05, 0.1) is 5.69 Å². The van der Waals surface area contributed by atoms with Crippen LogP contribution in [0.5, 0.6) is 0 Å². The van der Waals surface area contributed by atoms with Crippen molar-refractivity contribution in [3.8, 4) is 6.07 Å². The second kappa shape index (κ2) is 3.99. The lowest BCUT2D eigenvalue weighted by Crippen LogP contribution is -2.34. The minimum atomic E-state index is -0.0119. The highest BCUT2D eigenvalue weighted by atomic mass is 15.2. The summed E-state index contributed by atoms with van der Waals surface area (Å²) >= 11 is 0. The van der Waals surface area contributed by atoms with E-state index in [-0.39, 0.29) is 5.54 Å². The monoisotopic (exact) mass is 230 g/mol. The molecule has 0 bridgehead atoms. The molecule has 0 radical (unpaired) electrons. The Morgan fingerprint density at radius 3 is 2.47 bits per heavy atom. The summed E-state index contributed by atoms with van der Waals surface area (Å²) in [5, 5.41) is 20.8. The summed E-state index contributed by atoms with van der Waals surface area (Å²) in [6.45, 7) is 8.10. The SMILES string of the molecule is Cc1nnc(NC(C)(C)C2CC2)c(C#N)c1C. The average Bonchev–Trinajstić information content (AvgIpc) is 3.07. The number of aromatic nitrogens is 2. The first-order valence-corrected chi connectivity index (χ1v) is 5.98. The van der Waals surface area contributed by atoms with Crippen LogP contribution in [-0.2, 0) is 0 Å². The summed E-state index contributed by atoms with van der Waals surface area (Å²) in [6, 6.07) is 2.22. The quantitative estimate of drug-likeness (QED) is 0.866. The van der Waals surface area contributed by atoms with Crippen LogP contribution in [0.15, 0.2) is 0 Å². The molecule has 0 aliphatic heterocycles. The molecule has 4 nitrogen and oxygen atoms in total. The van der Waals surface area contributed by atoms with Crippen molar-refractivity contribution in [2.75, 3.05) is 5.32 Å². The van der Waals surface area contributed by atoms with Crippen LogP contribution in [0.3, 0.4) is 0 Å². The van der Waals surface area contributed by atoms with E-state index in [4.69, 9.17) is 0 Å². The maximum absolute atomic E-state index is 9.22. The largest absolute Gasteiger partial charge is 0.362 e. The molecule has 0 saturated heterocycles. The van der Waals surface area contributed by atoms with Gasteiger partial charge in [0, 0.05) is 5.54 Å². The summed E-state index contributed by atoms with van der Waals surface area (Å²) in [6.07, 6.45) is 2.50. The van der Waals surface area contributed by atoms with Crippen LogP contribution in [0.25, 0.3) is 0 Å². The number of anilines is 1. The fourth-order valence-corrected chi connectivity index (χ4v) is 2.05. The number of nitrogens with zero attached hydrogens (tertiary/aromatic N) is 3. The van der Waals surface area contributed by atoms with Gasteiger partial charge in [0.1, 0.15) is 11.6 Å². The Morgan fingerprint density at radius 1 is 1.29 bits per heavy atom. The van der Waals surface area contributed by atoms with Crippen molar-refractivity contribution < 1.29 is 0 Å². The standard InChI is InChI=1S/C13H18N4/c1-8-9(2)16-17-12(11(8)7-14)15-13(3,4)10-5-6-10/h10H,5-6H2,1-4H3,(H,15,17). The molecule has 1 saturated carbocycles. The van der Waals surface area contributed by atoms with E-state index in [1.165, 1.54) is 12.8 Å². The van der Waals surface area contributed by atoms with Gasteiger partial charge in [-0.05, 0) is 52.0 Å². The molecule has 2 rings (SSSR count). The van der Waals surface area contributed by atoms with Crippen LogP contribution >= 0.6 is 0 Å². The molecule has 1 aromatic heterocycles. The first kappa shape index (κ1) is 11.8. The number of hydrogen-bond acceptors (Lipinski definition) is 4. The van der Waals surface area contributed by atoms with E-state index in [1.807, 2.05) is 13.8 Å². The molecular formula is C13H18N4. The Morgan fingerprint density at radius 2 is 1.94 bits per heavy atom. The summed E-state index contributed by atoms with van der Waals surface area (Å²) < 4.78 is 0. The van der Waals surface area contributed by atoms with E-state index in [0.29, 0.717) is 17.3 Å². The molecule has 0 atom stereocenters. The maximum atomic E-state index is 9.22. The number of rotatable bonds is 3. The van der Waals surface area contributed by atoms with E-state index < -0.39 is 0 Å².